The molecule has 23 heavy (non-hydrogen) atoms. The zero-order valence-corrected chi connectivity index (χ0v) is 12.4. The summed E-state index contributed by atoms with van der Waals surface area (Å²) in [6, 6.07) is 17.4. The Hall–Kier alpha value is -3.14. The number of nitrogens with zero attached hydrogens (tertiary/aromatic N) is 3. The summed E-state index contributed by atoms with van der Waals surface area (Å²) in [6.07, 6.45) is 6.51. The standard InChI is InChI=1S/C19H15N3O/c23-18-8-6-14(7-9-18)10-17-12-21-19-20-11-16(13-22(17)19)15-4-2-1-3-5-15/h1-9,11-13,23H,10H2. The summed E-state index contributed by atoms with van der Waals surface area (Å²) in [5.74, 6) is 0.971. The van der Waals surface area contributed by atoms with E-state index in [0.29, 0.717) is 5.78 Å². The molecule has 0 saturated heterocycles. The number of aromatic nitrogens is 3. The van der Waals surface area contributed by atoms with Crippen LogP contribution >= 0.6 is 0 Å². The van der Waals surface area contributed by atoms with Crippen LogP contribution in [0.1, 0.15) is 11.3 Å². The summed E-state index contributed by atoms with van der Waals surface area (Å²) < 4.78 is 2.02. The molecule has 1 N–H and O–H groups in total. The first-order valence-electron chi connectivity index (χ1n) is 7.45. The van der Waals surface area contributed by atoms with Crippen molar-refractivity contribution in [2.75, 3.05) is 0 Å². The van der Waals surface area contributed by atoms with Gasteiger partial charge in [-0.3, -0.25) is 4.40 Å². The second kappa shape index (κ2) is 5.57. The quantitative estimate of drug-likeness (QED) is 0.628. The molecule has 4 aromatic rings. The molecule has 0 radical (unpaired) electrons. The topological polar surface area (TPSA) is 50.4 Å². The van der Waals surface area contributed by atoms with Gasteiger partial charge in [0.25, 0.3) is 0 Å². The third-order valence-electron chi connectivity index (χ3n) is 3.87. The van der Waals surface area contributed by atoms with E-state index in [9.17, 15) is 5.11 Å². The van der Waals surface area contributed by atoms with E-state index in [1.165, 1.54) is 0 Å². The van der Waals surface area contributed by atoms with Crippen LogP contribution in [-0.4, -0.2) is 19.5 Å². The lowest BCUT2D eigenvalue weighted by molar-refractivity contribution is 0.475. The normalized spacial score (nSPS) is 11.0. The van der Waals surface area contributed by atoms with Gasteiger partial charge in [-0.25, -0.2) is 9.97 Å². The van der Waals surface area contributed by atoms with E-state index in [2.05, 4.69) is 28.3 Å². The largest absolute Gasteiger partial charge is 0.508 e. The minimum Gasteiger partial charge on any atom is -0.508 e. The molecule has 0 unspecified atom stereocenters. The monoisotopic (exact) mass is 301 g/mol. The number of phenolic OH excluding ortho intramolecular Hbond substituents is 1. The van der Waals surface area contributed by atoms with Crippen LogP contribution in [0, 0.1) is 0 Å². The van der Waals surface area contributed by atoms with Crippen LogP contribution in [0.2, 0.25) is 0 Å². The van der Waals surface area contributed by atoms with Crippen molar-refractivity contribution in [3.63, 3.8) is 0 Å². The fraction of sp³-hybridized carbons (Fsp3) is 0.0526. The van der Waals surface area contributed by atoms with Crippen molar-refractivity contribution in [3.05, 3.63) is 84.4 Å². The van der Waals surface area contributed by atoms with Gasteiger partial charge in [-0.15, -0.1) is 0 Å². The van der Waals surface area contributed by atoms with Crippen molar-refractivity contribution in [2.45, 2.75) is 6.42 Å². The van der Waals surface area contributed by atoms with Gasteiger partial charge in [0, 0.05) is 30.1 Å². The van der Waals surface area contributed by atoms with E-state index >= 15 is 0 Å². The third-order valence-corrected chi connectivity index (χ3v) is 3.87. The highest BCUT2D eigenvalue weighted by Crippen LogP contribution is 2.20. The summed E-state index contributed by atoms with van der Waals surface area (Å²) >= 11 is 0. The molecule has 0 bridgehead atoms. The Morgan fingerprint density at radius 3 is 2.35 bits per heavy atom. The van der Waals surface area contributed by atoms with E-state index in [-0.39, 0.29) is 5.75 Å². The highest BCUT2D eigenvalue weighted by molar-refractivity contribution is 5.62. The van der Waals surface area contributed by atoms with E-state index in [4.69, 9.17) is 0 Å². The molecule has 112 valence electrons. The summed E-state index contributed by atoms with van der Waals surface area (Å²) in [5, 5.41) is 9.39. The van der Waals surface area contributed by atoms with Crippen molar-refractivity contribution in [3.8, 4) is 16.9 Å². The number of hydrogen-bond acceptors (Lipinski definition) is 3. The lowest BCUT2D eigenvalue weighted by Crippen LogP contribution is -1.97. The van der Waals surface area contributed by atoms with Gasteiger partial charge in [-0.05, 0) is 23.3 Å². The Kier molecular flexibility index (Phi) is 3.27. The zero-order chi connectivity index (χ0) is 15.6. The van der Waals surface area contributed by atoms with Crippen LogP contribution in [0.5, 0.6) is 5.75 Å². The van der Waals surface area contributed by atoms with Crippen LogP contribution in [-0.2, 0) is 6.42 Å². The maximum Gasteiger partial charge on any atom is 0.233 e. The Morgan fingerprint density at radius 1 is 0.826 bits per heavy atom. The predicted molar refractivity (Wildman–Crippen MR) is 89.3 cm³/mol. The van der Waals surface area contributed by atoms with Gasteiger partial charge in [0.15, 0.2) is 0 Å². The molecule has 2 heterocycles. The van der Waals surface area contributed by atoms with Gasteiger partial charge >= 0.3 is 0 Å². The van der Waals surface area contributed by atoms with Crippen molar-refractivity contribution in [2.24, 2.45) is 0 Å². The van der Waals surface area contributed by atoms with Crippen LogP contribution < -0.4 is 0 Å². The maximum absolute atomic E-state index is 9.39. The molecule has 4 heteroatoms. The fourth-order valence-electron chi connectivity index (χ4n) is 2.65. The molecule has 0 atom stereocenters. The van der Waals surface area contributed by atoms with Crippen LogP contribution in [0.3, 0.4) is 0 Å². The van der Waals surface area contributed by atoms with E-state index in [1.54, 1.807) is 12.1 Å². The lowest BCUT2D eigenvalue weighted by Gasteiger charge is -2.05. The lowest BCUT2D eigenvalue weighted by atomic mass is 10.1. The molecule has 0 amide bonds. The first-order chi connectivity index (χ1) is 11.3. The molecule has 0 spiro atoms. The molecule has 0 fully saturated rings. The highest BCUT2D eigenvalue weighted by Gasteiger charge is 2.07. The molecule has 4 rings (SSSR count). The van der Waals surface area contributed by atoms with Gasteiger partial charge in [-0.2, -0.15) is 0 Å². The average molecular weight is 301 g/mol. The van der Waals surface area contributed by atoms with E-state index in [0.717, 1.165) is 28.8 Å². The fourth-order valence-corrected chi connectivity index (χ4v) is 2.65. The predicted octanol–water partition coefficient (Wildman–Crippen LogP) is 3.69. The van der Waals surface area contributed by atoms with Crippen molar-refractivity contribution >= 4 is 5.78 Å². The molecule has 2 aromatic heterocycles. The molecule has 0 saturated carbocycles. The second-order valence-corrected chi connectivity index (χ2v) is 5.47. The van der Waals surface area contributed by atoms with Gasteiger partial charge < -0.3 is 5.11 Å². The summed E-state index contributed by atoms with van der Waals surface area (Å²) in [5.41, 5.74) is 4.37. The molecule has 2 aromatic carbocycles. The number of hydrogen-bond donors (Lipinski definition) is 1. The number of benzene rings is 2. The minimum absolute atomic E-state index is 0.278. The molecular weight excluding hydrogens is 286 g/mol. The first-order valence-corrected chi connectivity index (χ1v) is 7.45. The van der Waals surface area contributed by atoms with Gasteiger partial charge in [-0.1, -0.05) is 42.5 Å². The van der Waals surface area contributed by atoms with Gasteiger partial charge in [0.1, 0.15) is 5.75 Å². The van der Waals surface area contributed by atoms with Gasteiger partial charge in [0.05, 0.1) is 6.20 Å². The van der Waals surface area contributed by atoms with Crippen molar-refractivity contribution in [1.29, 1.82) is 0 Å². The second-order valence-electron chi connectivity index (χ2n) is 5.47. The molecule has 0 aliphatic carbocycles. The Labute approximate surface area is 133 Å². The maximum atomic E-state index is 9.39. The number of imidazole rings is 1. The Bertz CT molecular complexity index is 943. The zero-order valence-electron chi connectivity index (χ0n) is 12.4. The number of phenols is 1. The van der Waals surface area contributed by atoms with Crippen molar-refractivity contribution in [1.82, 2.24) is 14.4 Å². The Morgan fingerprint density at radius 2 is 1.57 bits per heavy atom. The molecule has 4 nitrogen and oxygen atoms in total. The summed E-state index contributed by atoms with van der Waals surface area (Å²) in [6.45, 7) is 0. The summed E-state index contributed by atoms with van der Waals surface area (Å²) in [7, 11) is 0. The van der Waals surface area contributed by atoms with Crippen molar-refractivity contribution < 1.29 is 5.11 Å². The van der Waals surface area contributed by atoms with Crippen LogP contribution in [0.25, 0.3) is 16.9 Å². The SMILES string of the molecule is Oc1ccc(Cc2cnc3ncc(-c4ccccc4)cn23)cc1. The minimum atomic E-state index is 0.278. The summed E-state index contributed by atoms with van der Waals surface area (Å²) in [4.78, 5) is 8.82. The van der Waals surface area contributed by atoms with Gasteiger partial charge in [0.2, 0.25) is 5.78 Å². The Balaban J connectivity index is 1.74. The number of rotatable bonds is 3. The van der Waals surface area contributed by atoms with E-state index in [1.807, 2.05) is 47.1 Å². The van der Waals surface area contributed by atoms with Crippen LogP contribution in [0.15, 0.2) is 73.2 Å². The molecular formula is C19H15N3O. The third kappa shape index (κ3) is 2.66. The molecule has 0 aliphatic heterocycles. The number of fused-ring (bicyclic) bond motifs is 1. The molecule has 0 aliphatic rings. The van der Waals surface area contributed by atoms with Crippen LogP contribution in [0.4, 0.5) is 0 Å². The smallest absolute Gasteiger partial charge is 0.233 e. The first kappa shape index (κ1) is 13.5. The van der Waals surface area contributed by atoms with E-state index < -0.39 is 0 Å². The average Bonchev–Trinajstić information content (AvgIpc) is 3.00. The highest BCUT2D eigenvalue weighted by atomic mass is 16.3. The number of aromatic hydroxyl groups is 1.